The number of rotatable bonds is 2. The third kappa shape index (κ3) is 1.21. The summed E-state index contributed by atoms with van der Waals surface area (Å²) in [7, 11) is 0. The number of hydrogen-bond acceptors (Lipinski definition) is 2. The van der Waals surface area contributed by atoms with Crippen molar-refractivity contribution in [2.24, 2.45) is 5.92 Å². The minimum atomic E-state index is -0.417. The van der Waals surface area contributed by atoms with E-state index in [2.05, 4.69) is 0 Å². The number of carbonyl (C=O) groups excluding carboxylic acids is 1. The summed E-state index contributed by atoms with van der Waals surface area (Å²) >= 11 is 0. The number of nitrogens with two attached hydrogens (primary N) is 1. The first kappa shape index (κ1) is 10.4. The fourth-order valence-electron chi connectivity index (χ4n) is 3.02. The smallest absolute Gasteiger partial charge is 0.237 e. The minimum absolute atomic E-state index is 0.154. The molecule has 1 spiro atoms. The number of benzene rings is 1. The monoisotopic (exact) mass is 246 g/mol. The van der Waals surface area contributed by atoms with Gasteiger partial charge in [-0.25, -0.2) is 4.39 Å². The van der Waals surface area contributed by atoms with Crippen molar-refractivity contribution < 1.29 is 9.18 Å². The molecule has 0 bridgehead atoms. The molecule has 0 aromatic heterocycles. The number of nitrogen functional groups attached to an aromatic ring is 1. The minimum Gasteiger partial charge on any atom is -0.396 e. The number of amides is 1. The molecule has 4 heteroatoms. The van der Waals surface area contributed by atoms with Crippen molar-refractivity contribution in [1.29, 1.82) is 0 Å². The maximum absolute atomic E-state index is 13.6. The van der Waals surface area contributed by atoms with Crippen LogP contribution in [0.25, 0.3) is 0 Å². The molecule has 3 aliphatic rings. The Kier molecular flexibility index (Phi) is 1.75. The molecule has 94 valence electrons. The van der Waals surface area contributed by atoms with E-state index in [0.29, 0.717) is 5.92 Å². The van der Waals surface area contributed by atoms with Crippen molar-refractivity contribution in [2.75, 3.05) is 17.2 Å². The van der Waals surface area contributed by atoms with E-state index in [9.17, 15) is 9.18 Å². The third-order valence-electron chi connectivity index (χ3n) is 4.46. The fourth-order valence-corrected chi connectivity index (χ4v) is 3.02. The lowest BCUT2D eigenvalue weighted by atomic mass is 9.97. The number of hydrogen-bond donors (Lipinski definition) is 1. The SMILES string of the molecule is Nc1cc2c(cc1F)N(CC1CC1)C(=O)C21CC1. The normalized spacial score (nSPS) is 23.6. The van der Waals surface area contributed by atoms with Gasteiger partial charge in [-0.2, -0.15) is 0 Å². The van der Waals surface area contributed by atoms with Crippen molar-refractivity contribution >= 4 is 17.3 Å². The summed E-state index contributed by atoms with van der Waals surface area (Å²) in [5, 5.41) is 0. The van der Waals surface area contributed by atoms with Crippen LogP contribution in [0.4, 0.5) is 15.8 Å². The molecule has 1 amide bonds. The summed E-state index contributed by atoms with van der Waals surface area (Å²) in [6.07, 6.45) is 4.13. The van der Waals surface area contributed by atoms with Gasteiger partial charge >= 0.3 is 0 Å². The second-order valence-corrected chi connectivity index (χ2v) is 5.83. The van der Waals surface area contributed by atoms with Gasteiger partial charge in [0.15, 0.2) is 0 Å². The Bertz CT molecular complexity index is 561. The fraction of sp³-hybridized carbons (Fsp3) is 0.500. The first-order chi connectivity index (χ1) is 8.62. The number of anilines is 2. The van der Waals surface area contributed by atoms with Crippen LogP contribution in [0, 0.1) is 11.7 Å². The highest BCUT2D eigenvalue weighted by Crippen LogP contribution is 2.58. The molecule has 0 unspecified atom stereocenters. The second kappa shape index (κ2) is 3.05. The van der Waals surface area contributed by atoms with Crippen LogP contribution in [0.5, 0.6) is 0 Å². The number of fused-ring (bicyclic) bond motifs is 2. The van der Waals surface area contributed by atoms with Gasteiger partial charge in [-0.05, 0) is 43.2 Å². The predicted molar refractivity (Wildman–Crippen MR) is 66.8 cm³/mol. The van der Waals surface area contributed by atoms with Gasteiger partial charge in [0.1, 0.15) is 5.82 Å². The largest absolute Gasteiger partial charge is 0.396 e. The Labute approximate surface area is 105 Å². The number of nitrogens with zero attached hydrogens (tertiary/aromatic N) is 1. The Morgan fingerprint density at radius 3 is 2.72 bits per heavy atom. The zero-order valence-corrected chi connectivity index (χ0v) is 10.1. The molecule has 0 radical (unpaired) electrons. The molecular weight excluding hydrogens is 231 g/mol. The molecule has 0 atom stereocenters. The molecule has 4 rings (SSSR count). The zero-order valence-electron chi connectivity index (χ0n) is 10.1. The van der Waals surface area contributed by atoms with Gasteiger partial charge in [0.2, 0.25) is 5.91 Å². The van der Waals surface area contributed by atoms with E-state index in [-0.39, 0.29) is 17.0 Å². The molecule has 3 nitrogen and oxygen atoms in total. The van der Waals surface area contributed by atoms with Crippen molar-refractivity contribution in [3.05, 3.63) is 23.5 Å². The van der Waals surface area contributed by atoms with Gasteiger partial charge in [0, 0.05) is 12.6 Å². The lowest BCUT2D eigenvalue weighted by Crippen LogP contribution is -2.33. The van der Waals surface area contributed by atoms with Gasteiger partial charge in [0.05, 0.1) is 16.8 Å². The van der Waals surface area contributed by atoms with Crippen LogP contribution in [0.1, 0.15) is 31.2 Å². The maximum atomic E-state index is 13.6. The van der Waals surface area contributed by atoms with E-state index in [1.54, 1.807) is 11.0 Å². The Morgan fingerprint density at radius 1 is 1.39 bits per heavy atom. The number of halogens is 1. The zero-order chi connectivity index (χ0) is 12.5. The Balaban J connectivity index is 1.84. The van der Waals surface area contributed by atoms with Crippen LogP contribution in [0.3, 0.4) is 0 Å². The molecule has 2 aliphatic carbocycles. The first-order valence-electron chi connectivity index (χ1n) is 6.53. The highest BCUT2D eigenvalue weighted by atomic mass is 19.1. The first-order valence-corrected chi connectivity index (χ1v) is 6.53. The quantitative estimate of drug-likeness (QED) is 0.813. The summed E-state index contributed by atoms with van der Waals surface area (Å²) in [6, 6.07) is 3.11. The van der Waals surface area contributed by atoms with Gasteiger partial charge in [-0.3, -0.25) is 4.79 Å². The van der Waals surface area contributed by atoms with Crippen molar-refractivity contribution in [2.45, 2.75) is 31.1 Å². The highest BCUT2D eigenvalue weighted by molar-refractivity contribution is 6.10. The average molecular weight is 246 g/mol. The molecule has 0 saturated heterocycles. The van der Waals surface area contributed by atoms with Gasteiger partial charge in [-0.1, -0.05) is 0 Å². The lowest BCUT2D eigenvalue weighted by Gasteiger charge is -2.17. The van der Waals surface area contributed by atoms with Crippen LogP contribution in [0.2, 0.25) is 0 Å². The van der Waals surface area contributed by atoms with Gasteiger partial charge in [-0.15, -0.1) is 0 Å². The van der Waals surface area contributed by atoms with Crippen LogP contribution < -0.4 is 10.6 Å². The van der Waals surface area contributed by atoms with E-state index in [4.69, 9.17) is 5.73 Å². The summed E-state index contributed by atoms with van der Waals surface area (Å²) in [4.78, 5) is 14.3. The van der Waals surface area contributed by atoms with Crippen LogP contribution in [0.15, 0.2) is 12.1 Å². The van der Waals surface area contributed by atoms with Crippen molar-refractivity contribution in [3.63, 3.8) is 0 Å². The Morgan fingerprint density at radius 2 is 2.11 bits per heavy atom. The summed E-state index contributed by atoms with van der Waals surface area (Å²) in [6.45, 7) is 0.747. The maximum Gasteiger partial charge on any atom is 0.237 e. The molecule has 1 aliphatic heterocycles. The number of carbonyl (C=O) groups is 1. The molecule has 18 heavy (non-hydrogen) atoms. The molecule has 1 heterocycles. The summed E-state index contributed by atoms with van der Waals surface area (Å²) < 4.78 is 13.6. The van der Waals surface area contributed by atoms with E-state index in [1.165, 1.54) is 18.9 Å². The molecule has 1 aromatic rings. The van der Waals surface area contributed by atoms with Crippen LogP contribution in [-0.2, 0) is 10.2 Å². The topological polar surface area (TPSA) is 46.3 Å². The van der Waals surface area contributed by atoms with Gasteiger partial charge in [0.25, 0.3) is 0 Å². The summed E-state index contributed by atoms with van der Waals surface area (Å²) in [5.41, 5.74) is 7.15. The third-order valence-corrected chi connectivity index (χ3v) is 4.46. The molecule has 1 aromatic carbocycles. The predicted octanol–water partition coefficient (Wildman–Crippen LogP) is 2.20. The standard InChI is InChI=1S/C14H15FN2O/c15-10-6-12-9(5-11(10)16)14(3-4-14)13(18)17(12)7-8-1-2-8/h5-6,8H,1-4,7,16H2. The molecule has 2 fully saturated rings. The lowest BCUT2D eigenvalue weighted by molar-refractivity contribution is -0.120. The van der Waals surface area contributed by atoms with E-state index in [1.807, 2.05) is 0 Å². The van der Waals surface area contributed by atoms with Crippen molar-refractivity contribution in [3.8, 4) is 0 Å². The molecular formula is C14H15FN2O. The van der Waals surface area contributed by atoms with Crippen LogP contribution in [-0.4, -0.2) is 12.5 Å². The van der Waals surface area contributed by atoms with Gasteiger partial charge < -0.3 is 10.6 Å². The van der Waals surface area contributed by atoms with E-state index >= 15 is 0 Å². The average Bonchev–Trinajstić information content (AvgIpc) is 3.22. The van der Waals surface area contributed by atoms with Crippen LogP contribution >= 0.6 is 0 Å². The molecule has 2 saturated carbocycles. The van der Waals surface area contributed by atoms with E-state index in [0.717, 1.165) is 30.6 Å². The second-order valence-electron chi connectivity index (χ2n) is 5.83. The van der Waals surface area contributed by atoms with Crippen molar-refractivity contribution in [1.82, 2.24) is 0 Å². The molecule has 2 N–H and O–H groups in total. The summed E-state index contributed by atoms with van der Waals surface area (Å²) in [5.74, 6) is 0.353. The highest BCUT2D eigenvalue weighted by Gasteiger charge is 2.59. The Hall–Kier alpha value is -1.58. The van der Waals surface area contributed by atoms with E-state index < -0.39 is 5.82 Å².